The third-order valence-electron chi connectivity index (χ3n) is 2.17. The first kappa shape index (κ1) is 15.7. The molecule has 0 radical (unpaired) electrons. The Morgan fingerprint density at radius 2 is 2.05 bits per heavy atom. The number of nitro benzene ring substituents is 1. The lowest BCUT2D eigenvalue weighted by atomic mass is 10.3. The molecule has 110 valence electrons. The Hall–Kier alpha value is -2.40. The van der Waals surface area contributed by atoms with Gasteiger partial charge in [-0.15, -0.1) is 0 Å². The number of amides is 2. The van der Waals surface area contributed by atoms with Crippen molar-refractivity contribution in [3.8, 4) is 5.75 Å². The number of nitro groups is 1. The summed E-state index contributed by atoms with van der Waals surface area (Å²) in [6.45, 7) is -0.172. The molecule has 2 amide bonds. The minimum Gasteiger partial charge on any atom is -0.502 e. The van der Waals surface area contributed by atoms with Crippen LogP contribution in [0.3, 0.4) is 0 Å². The monoisotopic (exact) mass is 304 g/mol. The highest BCUT2D eigenvalue weighted by atomic mass is 32.2. The Balaban J connectivity index is 2.85. The van der Waals surface area contributed by atoms with Crippen LogP contribution in [0.25, 0.3) is 0 Å². The van der Waals surface area contributed by atoms with Gasteiger partial charge in [-0.25, -0.2) is 17.9 Å². The molecule has 0 aliphatic carbocycles. The van der Waals surface area contributed by atoms with Crippen LogP contribution in [0.2, 0.25) is 0 Å². The van der Waals surface area contributed by atoms with Crippen LogP contribution < -0.4 is 15.8 Å². The molecule has 1 rings (SSSR count). The molecule has 0 saturated carbocycles. The number of hydrogen-bond donors (Lipinski definition) is 4. The number of aromatic hydroxyl groups is 1. The molecule has 0 atom stereocenters. The van der Waals surface area contributed by atoms with Crippen molar-refractivity contribution >= 4 is 21.7 Å². The molecular weight excluding hydrogens is 292 g/mol. The number of phenolic OH excluding ortho intramolecular Hbond substituents is 1. The van der Waals surface area contributed by atoms with E-state index < -0.39 is 32.4 Å². The van der Waals surface area contributed by atoms with E-state index in [2.05, 4.69) is 10.0 Å². The number of carbonyl (C=O) groups excluding carboxylic acids is 1. The number of carbonyl (C=O) groups is 1. The lowest BCUT2D eigenvalue weighted by Gasteiger charge is -2.07. The molecule has 0 fully saturated rings. The van der Waals surface area contributed by atoms with E-state index in [4.69, 9.17) is 5.73 Å². The molecule has 5 N–H and O–H groups in total. The van der Waals surface area contributed by atoms with Crippen molar-refractivity contribution in [1.29, 1.82) is 0 Å². The van der Waals surface area contributed by atoms with Crippen molar-refractivity contribution in [2.75, 3.05) is 13.1 Å². The second-order valence-corrected chi connectivity index (χ2v) is 5.36. The molecule has 1 aromatic rings. The minimum absolute atomic E-state index is 0.0330. The summed E-state index contributed by atoms with van der Waals surface area (Å²) in [4.78, 5) is 19.7. The average Bonchev–Trinajstić information content (AvgIpc) is 2.34. The van der Waals surface area contributed by atoms with E-state index in [9.17, 15) is 28.4 Å². The zero-order valence-corrected chi connectivity index (χ0v) is 10.9. The summed E-state index contributed by atoms with van der Waals surface area (Å²) in [6, 6.07) is 1.86. The molecule has 20 heavy (non-hydrogen) atoms. The summed E-state index contributed by atoms with van der Waals surface area (Å²) < 4.78 is 25.7. The van der Waals surface area contributed by atoms with Gasteiger partial charge in [-0.05, 0) is 12.1 Å². The van der Waals surface area contributed by atoms with Crippen molar-refractivity contribution in [3.63, 3.8) is 0 Å². The smallest absolute Gasteiger partial charge is 0.312 e. The molecular formula is C9H12N4O6S. The summed E-state index contributed by atoms with van der Waals surface area (Å²) in [6.07, 6.45) is 0. The second-order valence-electron chi connectivity index (χ2n) is 3.60. The predicted octanol–water partition coefficient (Wildman–Crippen LogP) is -0.753. The van der Waals surface area contributed by atoms with Gasteiger partial charge in [0.05, 0.1) is 9.82 Å². The Bertz CT molecular complexity index is 629. The molecule has 1 aromatic carbocycles. The van der Waals surface area contributed by atoms with Crippen LogP contribution in [0.5, 0.6) is 5.75 Å². The Morgan fingerprint density at radius 3 is 2.60 bits per heavy atom. The third-order valence-corrected chi connectivity index (χ3v) is 3.63. The van der Waals surface area contributed by atoms with Crippen molar-refractivity contribution in [3.05, 3.63) is 28.3 Å². The Labute approximate surface area is 113 Å². The SMILES string of the molecule is NC(=O)NCCNS(=O)(=O)c1ccc(O)c([N+](=O)[O-])c1. The lowest BCUT2D eigenvalue weighted by molar-refractivity contribution is -0.386. The molecule has 11 heteroatoms. The van der Waals surface area contributed by atoms with Gasteiger partial charge in [-0.3, -0.25) is 10.1 Å². The highest BCUT2D eigenvalue weighted by Crippen LogP contribution is 2.27. The van der Waals surface area contributed by atoms with Crippen LogP contribution in [-0.2, 0) is 10.0 Å². The van der Waals surface area contributed by atoms with E-state index in [1.165, 1.54) is 0 Å². The number of benzene rings is 1. The van der Waals surface area contributed by atoms with Gasteiger partial charge in [0.15, 0.2) is 5.75 Å². The summed E-state index contributed by atoms with van der Waals surface area (Å²) in [5, 5.41) is 22.0. The highest BCUT2D eigenvalue weighted by Gasteiger charge is 2.20. The number of nitrogens with zero attached hydrogens (tertiary/aromatic N) is 1. The molecule has 0 saturated heterocycles. The second kappa shape index (κ2) is 6.16. The summed E-state index contributed by atoms with van der Waals surface area (Å²) in [5.74, 6) is -0.635. The fourth-order valence-corrected chi connectivity index (χ4v) is 2.32. The fraction of sp³-hybridized carbons (Fsp3) is 0.222. The van der Waals surface area contributed by atoms with Gasteiger partial charge in [0, 0.05) is 19.2 Å². The van der Waals surface area contributed by atoms with Gasteiger partial charge in [0.1, 0.15) is 0 Å². The quantitative estimate of drug-likeness (QED) is 0.306. The largest absolute Gasteiger partial charge is 0.502 e. The molecule has 0 heterocycles. The number of sulfonamides is 1. The number of phenols is 1. The van der Waals surface area contributed by atoms with Crippen LogP contribution in [-0.4, -0.2) is 37.6 Å². The van der Waals surface area contributed by atoms with E-state index in [0.717, 1.165) is 18.2 Å². The zero-order valence-electron chi connectivity index (χ0n) is 10.1. The topological polar surface area (TPSA) is 165 Å². The van der Waals surface area contributed by atoms with Crippen molar-refractivity contribution in [2.45, 2.75) is 4.90 Å². The van der Waals surface area contributed by atoms with Gasteiger partial charge < -0.3 is 16.2 Å². The number of hydrogen-bond acceptors (Lipinski definition) is 6. The van der Waals surface area contributed by atoms with Crippen LogP contribution in [0.1, 0.15) is 0 Å². The Kier molecular flexibility index (Phi) is 4.83. The molecule has 10 nitrogen and oxygen atoms in total. The van der Waals surface area contributed by atoms with Gasteiger partial charge in [-0.2, -0.15) is 0 Å². The minimum atomic E-state index is -3.99. The maximum atomic E-state index is 11.8. The average molecular weight is 304 g/mol. The van der Waals surface area contributed by atoms with Gasteiger partial charge >= 0.3 is 11.7 Å². The molecule has 0 aliphatic rings. The lowest BCUT2D eigenvalue weighted by Crippen LogP contribution is -2.37. The van der Waals surface area contributed by atoms with Crippen molar-refractivity contribution < 1.29 is 23.2 Å². The maximum absolute atomic E-state index is 11.8. The van der Waals surface area contributed by atoms with Gasteiger partial charge in [-0.1, -0.05) is 0 Å². The predicted molar refractivity (Wildman–Crippen MR) is 67.5 cm³/mol. The van der Waals surface area contributed by atoms with E-state index in [0.29, 0.717) is 0 Å². The van der Waals surface area contributed by atoms with Gasteiger partial charge in [0.2, 0.25) is 10.0 Å². The molecule has 0 unspecified atom stereocenters. The first-order chi connectivity index (χ1) is 9.24. The van der Waals surface area contributed by atoms with Crippen molar-refractivity contribution in [2.24, 2.45) is 5.73 Å². The number of rotatable bonds is 6. The van der Waals surface area contributed by atoms with Crippen LogP contribution in [0, 0.1) is 10.1 Å². The summed E-state index contributed by atoms with van der Waals surface area (Å²) in [5.41, 5.74) is 4.07. The van der Waals surface area contributed by atoms with E-state index >= 15 is 0 Å². The third kappa shape index (κ3) is 4.07. The maximum Gasteiger partial charge on any atom is 0.312 e. The van der Waals surface area contributed by atoms with Crippen LogP contribution >= 0.6 is 0 Å². The first-order valence-electron chi connectivity index (χ1n) is 5.24. The molecule has 0 bridgehead atoms. The summed E-state index contributed by atoms with van der Waals surface area (Å²) >= 11 is 0. The van der Waals surface area contributed by atoms with Crippen LogP contribution in [0.15, 0.2) is 23.1 Å². The van der Waals surface area contributed by atoms with Gasteiger partial charge in [0.25, 0.3) is 0 Å². The summed E-state index contributed by atoms with van der Waals surface area (Å²) in [7, 11) is -3.99. The van der Waals surface area contributed by atoms with E-state index in [1.54, 1.807) is 0 Å². The Morgan fingerprint density at radius 1 is 1.40 bits per heavy atom. The number of nitrogens with one attached hydrogen (secondary N) is 2. The zero-order chi connectivity index (χ0) is 15.3. The number of primary amides is 1. The number of urea groups is 1. The number of nitrogens with two attached hydrogens (primary N) is 1. The standard InChI is InChI=1S/C9H12N4O6S/c10-9(15)11-3-4-12-20(18,19)6-1-2-8(14)7(5-6)13(16)17/h1-2,5,12,14H,3-4H2,(H3,10,11,15). The van der Waals surface area contributed by atoms with E-state index in [1.807, 2.05) is 0 Å². The van der Waals surface area contributed by atoms with Crippen LogP contribution in [0.4, 0.5) is 10.5 Å². The highest BCUT2D eigenvalue weighted by molar-refractivity contribution is 7.89. The molecule has 0 aromatic heterocycles. The molecule has 0 spiro atoms. The van der Waals surface area contributed by atoms with E-state index in [-0.39, 0.29) is 18.0 Å². The molecule has 0 aliphatic heterocycles. The fourth-order valence-electron chi connectivity index (χ4n) is 1.27. The van der Waals surface area contributed by atoms with Crippen molar-refractivity contribution in [1.82, 2.24) is 10.0 Å². The normalized spacial score (nSPS) is 11.0. The first-order valence-corrected chi connectivity index (χ1v) is 6.73.